The van der Waals surface area contributed by atoms with E-state index in [4.69, 9.17) is 14.4 Å². The molecule has 5 rings (SSSR count). The van der Waals surface area contributed by atoms with Crippen molar-refractivity contribution in [2.24, 2.45) is 5.41 Å². The predicted octanol–water partition coefficient (Wildman–Crippen LogP) is 5.28. The third-order valence-electron chi connectivity index (χ3n) is 6.07. The fourth-order valence-corrected chi connectivity index (χ4v) is 4.30. The van der Waals surface area contributed by atoms with Gasteiger partial charge in [0.1, 0.15) is 0 Å². The van der Waals surface area contributed by atoms with Crippen LogP contribution in [-0.4, -0.2) is 32.5 Å². The molecule has 0 fully saturated rings. The van der Waals surface area contributed by atoms with Crippen molar-refractivity contribution in [1.82, 2.24) is 19.9 Å². The van der Waals surface area contributed by atoms with E-state index in [9.17, 15) is 4.79 Å². The van der Waals surface area contributed by atoms with E-state index >= 15 is 0 Å². The lowest BCUT2D eigenvalue weighted by Crippen LogP contribution is -2.23. The smallest absolute Gasteiger partial charge is 0.338 e. The first kappa shape index (κ1) is 21.1. The van der Waals surface area contributed by atoms with Crippen LogP contribution in [-0.2, 0) is 17.6 Å². The van der Waals surface area contributed by atoms with Crippen LogP contribution in [0.25, 0.3) is 28.7 Å². The quantitative estimate of drug-likeness (QED) is 0.391. The number of nitrogens with zero attached hydrogens (tertiary/aromatic N) is 4. The molecular formula is C26H26N4O3. The Kier molecular flexibility index (Phi) is 5.32. The third kappa shape index (κ3) is 4.06. The lowest BCUT2D eigenvalue weighted by molar-refractivity contribution is 0.0526. The van der Waals surface area contributed by atoms with Gasteiger partial charge in [0.05, 0.1) is 17.9 Å². The van der Waals surface area contributed by atoms with Gasteiger partial charge in [-0.3, -0.25) is 0 Å². The Morgan fingerprint density at radius 1 is 1.12 bits per heavy atom. The van der Waals surface area contributed by atoms with E-state index in [-0.39, 0.29) is 11.4 Å². The molecule has 0 amide bonds. The SMILES string of the molecule is CCOC(=O)c1ccc(-c2noc(-c3nn(-c4ccccc4)c4c3CCC(C)(C)C4)n2)cc1. The van der Waals surface area contributed by atoms with Crippen molar-refractivity contribution in [3.63, 3.8) is 0 Å². The zero-order chi connectivity index (χ0) is 23.0. The summed E-state index contributed by atoms with van der Waals surface area (Å²) in [7, 11) is 0. The van der Waals surface area contributed by atoms with Crippen LogP contribution in [0.15, 0.2) is 59.1 Å². The van der Waals surface area contributed by atoms with Crippen molar-refractivity contribution >= 4 is 5.97 Å². The fraction of sp³-hybridized carbons (Fsp3) is 0.308. The summed E-state index contributed by atoms with van der Waals surface area (Å²) in [6, 6.07) is 17.1. The molecular weight excluding hydrogens is 416 g/mol. The van der Waals surface area contributed by atoms with Gasteiger partial charge in [0.15, 0.2) is 5.69 Å². The van der Waals surface area contributed by atoms with Crippen LogP contribution in [0, 0.1) is 5.41 Å². The maximum absolute atomic E-state index is 11.9. The second-order valence-electron chi connectivity index (χ2n) is 9.08. The molecule has 1 aliphatic carbocycles. The summed E-state index contributed by atoms with van der Waals surface area (Å²) in [6.45, 7) is 6.71. The molecule has 1 aliphatic rings. The van der Waals surface area contributed by atoms with Gasteiger partial charge in [-0.1, -0.05) is 49.3 Å². The highest BCUT2D eigenvalue weighted by molar-refractivity contribution is 5.89. The molecule has 0 spiro atoms. The minimum absolute atomic E-state index is 0.206. The second kappa shape index (κ2) is 8.31. The highest BCUT2D eigenvalue weighted by Crippen LogP contribution is 2.39. The van der Waals surface area contributed by atoms with Gasteiger partial charge in [-0.15, -0.1) is 0 Å². The standard InChI is InChI=1S/C26H26N4O3/c1-4-32-25(31)18-12-10-17(11-13-18)23-27-24(33-29-23)22-20-14-15-26(2,3)16-21(20)30(28-22)19-8-6-5-7-9-19/h5-13H,4,14-16H2,1-3H3. The Morgan fingerprint density at radius 3 is 2.61 bits per heavy atom. The van der Waals surface area contributed by atoms with Crippen molar-refractivity contribution < 1.29 is 14.1 Å². The van der Waals surface area contributed by atoms with Crippen molar-refractivity contribution in [2.75, 3.05) is 6.61 Å². The van der Waals surface area contributed by atoms with Crippen LogP contribution in [0.1, 0.15) is 48.8 Å². The predicted molar refractivity (Wildman–Crippen MR) is 124 cm³/mol. The molecule has 2 aromatic carbocycles. The number of carbonyl (C=O) groups excluding carboxylic acids is 1. The number of ether oxygens (including phenoxy) is 1. The minimum Gasteiger partial charge on any atom is -0.462 e. The number of aromatic nitrogens is 4. The van der Waals surface area contributed by atoms with Crippen molar-refractivity contribution in [1.29, 1.82) is 0 Å². The zero-order valence-corrected chi connectivity index (χ0v) is 19.0. The van der Waals surface area contributed by atoms with Gasteiger partial charge in [-0.2, -0.15) is 10.1 Å². The van der Waals surface area contributed by atoms with E-state index in [1.54, 1.807) is 31.2 Å². The first-order valence-electron chi connectivity index (χ1n) is 11.2. The van der Waals surface area contributed by atoms with Crippen molar-refractivity contribution in [2.45, 2.75) is 40.0 Å². The Balaban J connectivity index is 1.51. The third-order valence-corrected chi connectivity index (χ3v) is 6.07. The van der Waals surface area contributed by atoms with Crippen molar-refractivity contribution in [3.8, 4) is 28.7 Å². The summed E-state index contributed by atoms with van der Waals surface area (Å²) in [4.78, 5) is 16.5. The van der Waals surface area contributed by atoms with Gasteiger partial charge < -0.3 is 9.26 Å². The summed E-state index contributed by atoms with van der Waals surface area (Å²) < 4.78 is 12.7. The summed E-state index contributed by atoms with van der Waals surface area (Å²) in [5, 5.41) is 9.10. The number of carbonyl (C=O) groups is 1. The molecule has 0 N–H and O–H groups in total. The number of rotatable bonds is 5. The lowest BCUT2D eigenvalue weighted by atomic mass is 9.76. The largest absolute Gasteiger partial charge is 0.462 e. The van der Waals surface area contributed by atoms with Crippen LogP contribution >= 0.6 is 0 Å². The summed E-state index contributed by atoms with van der Waals surface area (Å²) in [6.07, 6.45) is 2.92. The molecule has 0 aliphatic heterocycles. The summed E-state index contributed by atoms with van der Waals surface area (Å²) in [5.41, 5.74) is 5.59. The maximum Gasteiger partial charge on any atom is 0.338 e. The molecule has 7 heteroatoms. The van der Waals surface area contributed by atoms with E-state index in [1.807, 2.05) is 22.9 Å². The molecule has 7 nitrogen and oxygen atoms in total. The monoisotopic (exact) mass is 442 g/mol. The van der Waals surface area contributed by atoms with Gasteiger partial charge in [-0.05, 0) is 55.9 Å². The van der Waals surface area contributed by atoms with E-state index in [0.29, 0.717) is 23.9 Å². The van der Waals surface area contributed by atoms with E-state index in [2.05, 4.69) is 36.1 Å². The van der Waals surface area contributed by atoms with Crippen LogP contribution in [0.5, 0.6) is 0 Å². The molecule has 0 bridgehead atoms. The minimum atomic E-state index is -0.348. The molecule has 0 saturated heterocycles. The summed E-state index contributed by atoms with van der Waals surface area (Å²) in [5.74, 6) is 0.517. The number of fused-ring (bicyclic) bond motifs is 1. The Morgan fingerprint density at radius 2 is 1.88 bits per heavy atom. The van der Waals surface area contributed by atoms with Gasteiger partial charge in [-0.25, -0.2) is 9.48 Å². The first-order chi connectivity index (χ1) is 15.9. The number of para-hydroxylation sites is 1. The number of benzene rings is 2. The number of hydrogen-bond acceptors (Lipinski definition) is 6. The van der Waals surface area contributed by atoms with Crippen LogP contribution < -0.4 is 0 Å². The highest BCUT2D eigenvalue weighted by atomic mass is 16.5. The van der Waals surface area contributed by atoms with Gasteiger partial charge in [0.2, 0.25) is 5.82 Å². The average Bonchev–Trinajstić information content (AvgIpc) is 3.44. The number of esters is 1. The van der Waals surface area contributed by atoms with Crippen LogP contribution in [0.4, 0.5) is 0 Å². The molecule has 33 heavy (non-hydrogen) atoms. The van der Waals surface area contributed by atoms with Gasteiger partial charge in [0.25, 0.3) is 5.89 Å². The topological polar surface area (TPSA) is 83.0 Å². The Labute approximate surface area is 192 Å². The van der Waals surface area contributed by atoms with E-state index < -0.39 is 0 Å². The normalized spacial score (nSPS) is 14.6. The lowest BCUT2D eigenvalue weighted by Gasteiger charge is -2.30. The Bertz CT molecular complexity index is 1290. The first-order valence-corrected chi connectivity index (χ1v) is 11.2. The maximum atomic E-state index is 11.9. The van der Waals surface area contributed by atoms with Crippen LogP contribution in [0.3, 0.4) is 0 Å². The van der Waals surface area contributed by atoms with Gasteiger partial charge >= 0.3 is 5.97 Å². The van der Waals surface area contributed by atoms with E-state index in [1.165, 1.54) is 11.3 Å². The second-order valence-corrected chi connectivity index (χ2v) is 9.08. The molecule has 2 heterocycles. The Hall–Kier alpha value is -3.74. The molecule has 2 aromatic heterocycles. The molecule has 0 unspecified atom stereocenters. The molecule has 0 atom stereocenters. The number of hydrogen-bond donors (Lipinski definition) is 0. The summed E-state index contributed by atoms with van der Waals surface area (Å²) >= 11 is 0. The molecule has 168 valence electrons. The highest BCUT2D eigenvalue weighted by Gasteiger charge is 2.33. The average molecular weight is 443 g/mol. The van der Waals surface area contributed by atoms with E-state index in [0.717, 1.165) is 36.2 Å². The zero-order valence-electron chi connectivity index (χ0n) is 19.0. The molecule has 0 radical (unpaired) electrons. The molecule has 4 aromatic rings. The molecule has 0 saturated carbocycles. The van der Waals surface area contributed by atoms with Crippen molar-refractivity contribution in [3.05, 3.63) is 71.4 Å². The fourth-order valence-electron chi connectivity index (χ4n) is 4.30. The van der Waals surface area contributed by atoms with Crippen LogP contribution in [0.2, 0.25) is 0 Å². The van der Waals surface area contributed by atoms with Gasteiger partial charge in [0, 0.05) is 16.8 Å².